The monoisotopic (exact) mass is 453 g/mol. The quantitative estimate of drug-likeness (QED) is 0.323. The summed E-state index contributed by atoms with van der Waals surface area (Å²) in [4.78, 5) is 1.02. The van der Waals surface area contributed by atoms with Gasteiger partial charge in [0, 0.05) is 32.7 Å². The van der Waals surface area contributed by atoms with Crippen LogP contribution >= 0.6 is 35.0 Å². The van der Waals surface area contributed by atoms with Gasteiger partial charge in [-0.05, 0) is 55.7 Å². The maximum atomic E-state index is 6.28. The standard InChI is InChI=1S/C26H25Cl2NS/c1-5-10-20(11-6-2)17-29-19(4)18(3)25(21-12-8-7-9-13-21)26(29)30-24-15-22(27)14-23(28)16-24/h5-16H,1,17H2,2-4H3/b11-6-,20-10+. The molecule has 0 radical (unpaired) electrons. The summed E-state index contributed by atoms with van der Waals surface area (Å²) in [6.07, 6.45) is 8.08. The number of rotatable bonds is 7. The molecular formula is C26H25Cl2NS. The van der Waals surface area contributed by atoms with Crippen LogP contribution in [0.15, 0.2) is 94.9 Å². The molecule has 154 valence electrons. The zero-order chi connectivity index (χ0) is 21.7. The second-order valence-corrected chi connectivity index (χ2v) is 8.96. The van der Waals surface area contributed by atoms with Crippen molar-refractivity contribution in [2.45, 2.75) is 37.2 Å². The van der Waals surface area contributed by atoms with E-state index >= 15 is 0 Å². The Kier molecular flexibility index (Phi) is 7.71. The van der Waals surface area contributed by atoms with Gasteiger partial charge in [-0.3, -0.25) is 0 Å². The molecule has 4 heteroatoms. The Bertz CT molecular complexity index is 1090. The second kappa shape index (κ2) is 10.3. The SMILES string of the molecule is C=C/C=C(\C=C/C)Cn1c(C)c(C)c(-c2ccccc2)c1Sc1cc(Cl)cc(Cl)c1. The molecule has 0 N–H and O–H groups in total. The molecule has 0 spiro atoms. The van der Waals surface area contributed by atoms with Crippen LogP contribution in [0.25, 0.3) is 11.1 Å². The van der Waals surface area contributed by atoms with Crippen molar-refractivity contribution in [3.8, 4) is 11.1 Å². The van der Waals surface area contributed by atoms with Crippen molar-refractivity contribution in [1.29, 1.82) is 0 Å². The van der Waals surface area contributed by atoms with Crippen LogP contribution in [0.3, 0.4) is 0 Å². The fraction of sp³-hybridized carbons (Fsp3) is 0.154. The van der Waals surface area contributed by atoms with Crippen LogP contribution in [0.5, 0.6) is 0 Å². The van der Waals surface area contributed by atoms with Crippen molar-refractivity contribution in [2.24, 2.45) is 0 Å². The van der Waals surface area contributed by atoms with E-state index in [0.717, 1.165) is 11.4 Å². The minimum absolute atomic E-state index is 0.638. The summed E-state index contributed by atoms with van der Waals surface area (Å²) < 4.78 is 2.37. The van der Waals surface area contributed by atoms with Gasteiger partial charge in [-0.15, -0.1) is 0 Å². The van der Waals surface area contributed by atoms with Crippen molar-refractivity contribution in [2.75, 3.05) is 0 Å². The van der Waals surface area contributed by atoms with E-state index in [2.05, 4.69) is 67.5 Å². The van der Waals surface area contributed by atoms with Gasteiger partial charge in [-0.1, -0.05) is 96.2 Å². The summed E-state index contributed by atoms with van der Waals surface area (Å²) in [5.41, 5.74) is 6.15. The number of halogens is 2. The topological polar surface area (TPSA) is 4.93 Å². The normalized spacial score (nSPS) is 12.0. The molecule has 0 amide bonds. The number of aromatic nitrogens is 1. The minimum atomic E-state index is 0.638. The molecular weight excluding hydrogens is 429 g/mol. The Morgan fingerprint density at radius 2 is 1.73 bits per heavy atom. The number of hydrogen-bond donors (Lipinski definition) is 0. The van der Waals surface area contributed by atoms with E-state index in [1.54, 1.807) is 17.8 Å². The highest BCUT2D eigenvalue weighted by molar-refractivity contribution is 7.99. The van der Waals surface area contributed by atoms with Crippen molar-refractivity contribution >= 4 is 35.0 Å². The summed E-state index contributed by atoms with van der Waals surface area (Å²) in [6.45, 7) is 11.0. The first-order valence-electron chi connectivity index (χ1n) is 9.78. The lowest BCUT2D eigenvalue weighted by Gasteiger charge is -2.14. The predicted molar refractivity (Wildman–Crippen MR) is 133 cm³/mol. The van der Waals surface area contributed by atoms with Crippen LogP contribution < -0.4 is 0 Å². The average molecular weight is 454 g/mol. The third-order valence-electron chi connectivity index (χ3n) is 4.95. The van der Waals surface area contributed by atoms with Crippen LogP contribution in [0.4, 0.5) is 0 Å². The molecule has 0 fully saturated rings. The smallest absolute Gasteiger partial charge is 0.0884 e. The second-order valence-electron chi connectivity index (χ2n) is 7.03. The van der Waals surface area contributed by atoms with Gasteiger partial charge in [0.05, 0.1) is 5.03 Å². The van der Waals surface area contributed by atoms with E-state index in [-0.39, 0.29) is 0 Å². The molecule has 0 aliphatic carbocycles. The summed E-state index contributed by atoms with van der Waals surface area (Å²) in [5.74, 6) is 0. The number of hydrogen-bond acceptors (Lipinski definition) is 1. The molecule has 1 heterocycles. The Balaban J connectivity index is 2.20. The molecule has 0 atom stereocenters. The fourth-order valence-electron chi connectivity index (χ4n) is 3.48. The molecule has 0 saturated carbocycles. The number of allylic oxidation sites excluding steroid dienone is 5. The van der Waals surface area contributed by atoms with Gasteiger partial charge in [0.25, 0.3) is 0 Å². The first-order chi connectivity index (χ1) is 14.4. The van der Waals surface area contributed by atoms with E-state index < -0.39 is 0 Å². The lowest BCUT2D eigenvalue weighted by atomic mass is 10.0. The molecule has 0 saturated heterocycles. The third-order valence-corrected chi connectivity index (χ3v) is 6.47. The summed E-state index contributed by atoms with van der Waals surface area (Å²) >= 11 is 14.3. The Hall–Kier alpha value is -2.13. The first-order valence-corrected chi connectivity index (χ1v) is 11.3. The highest BCUT2D eigenvalue weighted by Crippen LogP contribution is 2.42. The van der Waals surface area contributed by atoms with Gasteiger partial charge in [-0.25, -0.2) is 0 Å². The van der Waals surface area contributed by atoms with E-state index in [1.165, 1.54) is 33.0 Å². The molecule has 0 unspecified atom stereocenters. The maximum absolute atomic E-state index is 6.28. The molecule has 3 rings (SSSR count). The Morgan fingerprint density at radius 1 is 1.07 bits per heavy atom. The largest absolute Gasteiger partial charge is 0.335 e. The molecule has 2 aromatic carbocycles. The number of benzene rings is 2. The molecule has 1 nitrogen and oxygen atoms in total. The maximum Gasteiger partial charge on any atom is 0.0884 e. The molecule has 3 aromatic rings. The van der Waals surface area contributed by atoms with Gasteiger partial charge < -0.3 is 4.57 Å². The molecule has 0 aliphatic rings. The van der Waals surface area contributed by atoms with Gasteiger partial charge in [0.2, 0.25) is 0 Å². The van der Waals surface area contributed by atoms with Gasteiger partial charge in [0.1, 0.15) is 0 Å². The van der Waals surface area contributed by atoms with Gasteiger partial charge in [-0.2, -0.15) is 0 Å². The Labute approximate surface area is 193 Å². The van der Waals surface area contributed by atoms with Gasteiger partial charge in [0.15, 0.2) is 0 Å². The average Bonchev–Trinajstić information content (AvgIpc) is 2.92. The highest BCUT2D eigenvalue weighted by Gasteiger charge is 2.20. The zero-order valence-electron chi connectivity index (χ0n) is 17.5. The van der Waals surface area contributed by atoms with Crippen LogP contribution in [0.1, 0.15) is 18.2 Å². The fourth-order valence-corrected chi connectivity index (χ4v) is 5.42. The lowest BCUT2D eigenvalue weighted by molar-refractivity contribution is 0.708. The first kappa shape index (κ1) is 22.6. The zero-order valence-corrected chi connectivity index (χ0v) is 19.8. The van der Waals surface area contributed by atoms with Crippen molar-refractivity contribution in [3.05, 3.63) is 106 Å². The van der Waals surface area contributed by atoms with Gasteiger partial charge >= 0.3 is 0 Å². The van der Waals surface area contributed by atoms with Crippen LogP contribution in [0, 0.1) is 13.8 Å². The molecule has 0 aliphatic heterocycles. The predicted octanol–water partition coefficient (Wildman–Crippen LogP) is 8.92. The molecule has 1 aromatic heterocycles. The van der Waals surface area contributed by atoms with E-state index in [1.807, 2.05) is 31.2 Å². The van der Waals surface area contributed by atoms with Crippen molar-refractivity contribution < 1.29 is 0 Å². The minimum Gasteiger partial charge on any atom is -0.335 e. The molecule has 30 heavy (non-hydrogen) atoms. The third kappa shape index (κ3) is 5.13. The van der Waals surface area contributed by atoms with E-state index in [4.69, 9.17) is 23.2 Å². The summed E-state index contributed by atoms with van der Waals surface area (Å²) in [5, 5.41) is 2.45. The summed E-state index contributed by atoms with van der Waals surface area (Å²) in [7, 11) is 0. The Morgan fingerprint density at radius 3 is 2.33 bits per heavy atom. The van der Waals surface area contributed by atoms with E-state index in [0.29, 0.717) is 10.0 Å². The van der Waals surface area contributed by atoms with Crippen LogP contribution in [-0.4, -0.2) is 4.57 Å². The van der Waals surface area contributed by atoms with Crippen molar-refractivity contribution in [3.63, 3.8) is 0 Å². The number of nitrogens with zero attached hydrogens (tertiary/aromatic N) is 1. The highest BCUT2D eigenvalue weighted by atomic mass is 35.5. The van der Waals surface area contributed by atoms with E-state index in [9.17, 15) is 0 Å². The van der Waals surface area contributed by atoms with Crippen LogP contribution in [-0.2, 0) is 6.54 Å². The van der Waals surface area contributed by atoms with Crippen molar-refractivity contribution in [1.82, 2.24) is 4.57 Å². The molecule has 0 bridgehead atoms. The summed E-state index contributed by atoms with van der Waals surface area (Å²) in [6, 6.07) is 16.2. The lowest BCUT2D eigenvalue weighted by Crippen LogP contribution is -2.04. The van der Waals surface area contributed by atoms with Crippen LogP contribution in [0.2, 0.25) is 10.0 Å².